The number of hydrazone groups is 1. The molecule has 0 unspecified atom stereocenters. The van der Waals surface area contributed by atoms with Gasteiger partial charge in [0.15, 0.2) is 0 Å². The van der Waals surface area contributed by atoms with E-state index >= 15 is 0 Å². The topological polar surface area (TPSA) is 38.4 Å². The van der Waals surface area contributed by atoms with E-state index in [9.17, 15) is 4.39 Å². The Balaban J connectivity index is 3.23. The van der Waals surface area contributed by atoms with Gasteiger partial charge in [-0.3, -0.25) is 0 Å². The number of aryl methyl sites for hydroxylation is 1. The highest BCUT2D eigenvalue weighted by Gasteiger charge is 2.04. The SMILES string of the molecule is C/C(=N/N)c1cc(C)ccc1F. The van der Waals surface area contributed by atoms with Crippen LogP contribution < -0.4 is 5.84 Å². The quantitative estimate of drug-likeness (QED) is 0.385. The second-order valence-corrected chi connectivity index (χ2v) is 2.70. The van der Waals surface area contributed by atoms with Crippen molar-refractivity contribution < 1.29 is 4.39 Å². The molecular weight excluding hydrogens is 155 g/mol. The summed E-state index contributed by atoms with van der Waals surface area (Å²) >= 11 is 0. The molecule has 2 N–H and O–H groups in total. The first-order valence-electron chi connectivity index (χ1n) is 3.66. The van der Waals surface area contributed by atoms with Gasteiger partial charge in [0.05, 0.1) is 5.71 Å². The minimum absolute atomic E-state index is 0.285. The molecule has 1 aromatic carbocycles. The van der Waals surface area contributed by atoms with Gasteiger partial charge < -0.3 is 5.84 Å². The van der Waals surface area contributed by atoms with Crippen molar-refractivity contribution in [3.05, 3.63) is 35.1 Å². The highest BCUT2D eigenvalue weighted by Crippen LogP contribution is 2.10. The van der Waals surface area contributed by atoms with Crippen LogP contribution in [0.25, 0.3) is 0 Å². The molecule has 1 rings (SSSR count). The Kier molecular flexibility index (Phi) is 2.43. The van der Waals surface area contributed by atoms with Crippen molar-refractivity contribution in [1.29, 1.82) is 0 Å². The van der Waals surface area contributed by atoms with E-state index in [4.69, 9.17) is 5.84 Å². The number of benzene rings is 1. The molecule has 1 aromatic rings. The van der Waals surface area contributed by atoms with Gasteiger partial charge in [0.25, 0.3) is 0 Å². The fourth-order valence-electron chi connectivity index (χ4n) is 0.986. The number of hydrogen-bond donors (Lipinski definition) is 1. The van der Waals surface area contributed by atoms with Crippen LogP contribution in [0, 0.1) is 12.7 Å². The molecule has 0 bridgehead atoms. The summed E-state index contributed by atoms with van der Waals surface area (Å²) < 4.78 is 13.1. The maximum absolute atomic E-state index is 13.1. The fraction of sp³-hybridized carbons (Fsp3) is 0.222. The molecule has 0 amide bonds. The van der Waals surface area contributed by atoms with Gasteiger partial charge in [0.1, 0.15) is 5.82 Å². The molecule has 0 saturated carbocycles. The second-order valence-electron chi connectivity index (χ2n) is 2.70. The number of rotatable bonds is 1. The van der Waals surface area contributed by atoms with Crippen LogP contribution in [0.3, 0.4) is 0 Å². The zero-order valence-corrected chi connectivity index (χ0v) is 7.13. The van der Waals surface area contributed by atoms with Crippen molar-refractivity contribution in [2.75, 3.05) is 0 Å². The fourth-order valence-corrected chi connectivity index (χ4v) is 0.986. The Hall–Kier alpha value is -1.38. The number of halogens is 1. The van der Waals surface area contributed by atoms with E-state index in [-0.39, 0.29) is 5.82 Å². The second kappa shape index (κ2) is 3.34. The molecule has 0 aliphatic heterocycles. The first kappa shape index (κ1) is 8.71. The van der Waals surface area contributed by atoms with Gasteiger partial charge in [-0.1, -0.05) is 11.6 Å². The van der Waals surface area contributed by atoms with Gasteiger partial charge in [0.2, 0.25) is 0 Å². The third-order valence-electron chi connectivity index (χ3n) is 1.71. The number of hydrogen-bond acceptors (Lipinski definition) is 2. The van der Waals surface area contributed by atoms with Gasteiger partial charge in [-0.15, -0.1) is 0 Å². The highest BCUT2D eigenvalue weighted by atomic mass is 19.1. The van der Waals surface area contributed by atoms with Crippen LogP contribution in [-0.4, -0.2) is 5.71 Å². The van der Waals surface area contributed by atoms with E-state index in [1.54, 1.807) is 19.1 Å². The van der Waals surface area contributed by atoms with Crippen molar-refractivity contribution in [3.63, 3.8) is 0 Å². The molecule has 0 aliphatic carbocycles. The van der Waals surface area contributed by atoms with Gasteiger partial charge in [0, 0.05) is 5.56 Å². The van der Waals surface area contributed by atoms with E-state index in [2.05, 4.69) is 5.10 Å². The molecule has 64 valence electrons. The summed E-state index contributed by atoms with van der Waals surface area (Å²) in [5.74, 6) is 4.76. The van der Waals surface area contributed by atoms with Crippen molar-refractivity contribution in [3.8, 4) is 0 Å². The van der Waals surface area contributed by atoms with Crippen LogP contribution in [0.15, 0.2) is 23.3 Å². The Labute approximate surface area is 70.9 Å². The minimum Gasteiger partial charge on any atom is -0.323 e. The van der Waals surface area contributed by atoms with Crippen LogP contribution in [0.2, 0.25) is 0 Å². The lowest BCUT2D eigenvalue weighted by molar-refractivity contribution is 0.624. The molecule has 0 fully saturated rings. The monoisotopic (exact) mass is 166 g/mol. The van der Waals surface area contributed by atoms with Gasteiger partial charge in [-0.05, 0) is 26.0 Å². The molecule has 0 aliphatic rings. The largest absolute Gasteiger partial charge is 0.323 e. The van der Waals surface area contributed by atoms with E-state index in [1.165, 1.54) is 6.07 Å². The summed E-state index contributed by atoms with van der Waals surface area (Å²) in [4.78, 5) is 0. The third kappa shape index (κ3) is 1.61. The molecule has 12 heavy (non-hydrogen) atoms. The first-order valence-corrected chi connectivity index (χ1v) is 3.66. The van der Waals surface area contributed by atoms with Crippen LogP contribution in [0.5, 0.6) is 0 Å². The summed E-state index contributed by atoms with van der Waals surface area (Å²) in [5, 5.41) is 3.44. The minimum atomic E-state index is -0.285. The van der Waals surface area contributed by atoms with Crippen molar-refractivity contribution >= 4 is 5.71 Å². The smallest absolute Gasteiger partial charge is 0.132 e. The van der Waals surface area contributed by atoms with Crippen LogP contribution in [-0.2, 0) is 0 Å². The third-order valence-corrected chi connectivity index (χ3v) is 1.71. The molecule has 0 heterocycles. The van der Waals surface area contributed by atoms with E-state index in [0.717, 1.165) is 5.56 Å². The molecular formula is C9H11FN2. The molecule has 0 atom stereocenters. The molecule has 3 heteroatoms. The zero-order chi connectivity index (χ0) is 9.14. The van der Waals surface area contributed by atoms with E-state index < -0.39 is 0 Å². The zero-order valence-electron chi connectivity index (χ0n) is 7.13. The summed E-state index contributed by atoms with van der Waals surface area (Å²) in [6.45, 7) is 3.57. The van der Waals surface area contributed by atoms with E-state index in [0.29, 0.717) is 11.3 Å². The van der Waals surface area contributed by atoms with Gasteiger partial charge >= 0.3 is 0 Å². The predicted molar refractivity (Wildman–Crippen MR) is 47.5 cm³/mol. The molecule has 0 aromatic heterocycles. The molecule has 0 spiro atoms. The lowest BCUT2D eigenvalue weighted by Crippen LogP contribution is -2.02. The first-order chi connectivity index (χ1) is 5.65. The normalized spacial score (nSPS) is 11.8. The molecule has 0 saturated heterocycles. The lowest BCUT2D eigenvalue weighted by atomic mass is 10.1. The van der Waals surface area contributed by atoms with Crippen LogP contribution in [0.4, 0.5) is 4.39 Å². The average molecular weight is 166 g/mol. The van der Waals surface area contributed by atoms with Gasteiger partial charge in [-0.2, -0.15) is 5.10 Å². The molecule has 0 radical (unpaired) electrons. The molecule has 2 nitrogen and oxygen atoms in total. The van der Waals surface area contributed by atoms with Crippen molar-refractivity contribution in [1.82, 2.24) is 0 Å². The van der Waals surface area contributed by atoms with Crippen molar-refractivity contribution in [2.45, 2.75) is 13.8 Å². The Morgan fingerprint density at radius 2 is 2.17 bits per heavy atom. The van der Waals surface area contributed by atoms with E-state index in [1.807, 2.05) is 6.92 Å². The average Bonchev–Trinajstić information content (AvgIpc) is 2.08. The maximum Gasteiger partial charge on any atom is 0.132 e. The Bertz CT molecular complexity index is 318. The number of nitrogens with two attached hydrogens (primary N) is 1. The van der Waals surface area contributed by atoms with Gasteiger partial charge in [-0.25, -0.2) is 4.39 Å². The summed E-state index contributed by atoms with van der Waals surface area (Å²) in [7, 11) is 0. The van der Waals surface area contributed by atoms with Crippen LogP contribution in [0.1, 0.15) is 18.1 Å². The number of nitrogens with zero attached hydrogens (tertiary/aromatic N) is 1. The highest BCUT2D eigenvalue weighted by molar-refractivity contribution is 5.98. The summed E-state index contributed by atoms with van der Waals surface area (Å²) in [6.07, 6.45) is 0. The summed E-state index contributed by atoms with van der Waals surface area (Å²) in [5.41, 5.74) is 1.98. The lowest BCUT2D eigenvalue weighted by Gasteiger charge is -2.01. The summed E-state index contributed by atoms with van der Waals surface area (Å²) in [6, 6.07) is 4.85. The standard InChI is InChI=1S/C9H11FN2/c1-6-3-4-9(10)8(5-6)7(2)12-11/h3-5H,11H2,1-2H3/b12-7-. The Morgan fingerprint density at radius 1 is 1.50 bits per heavy atom. The predicted octanol–water partition coefficient (Wildman–Crippen LogP) is 1.82. The van der Waals surface area contributed by atoms with Crippen LogP contribution >= 0.6 is 0 Å². The Morgan fingerprint density at radius 3 is 2.75 bits per heavy atom. The maximum atomic E-state index is 13.1. The van der Waals surface area contributed by atoms with Crippen molar-refractivity contribution in [2.24, 2.45) is 10.9 Å².